The summed E-state index contributed by atoms with van der Waals surface area (Å²) in [7, 11) is 0. The number of hydrogen-bond acceptors (Lipinski definition) is 5. The van der Waals surface area contributed by atoms with Gasteiger partial charge in [-0.15, -0.1) is 0 Å². The van der Waals surface area contributed by atoms with Crippen LogP contribution in [0.3, 0.4) is 0 Å². The molecule has 1 aliphatic rings. The van der Waals surface area contributed by atoms with Crippen molar-refractivity contribution in [3.8, 4) is 11.5 Å². The molecular formula is C13H15N3O2. The highest BCUT2D eigenvalue weighted by Crippen LogP contribution is 2.19. The second-order valence-corrected chi connectivity index (χ2v) is 4.62. The van der Waals surface area contributed by atoms with E-state index in [0.717, 1.165) is 18.7 Å². The van der Waals surface area contributed by atoms with Crippen molar-refractivity contribution >= 4 is 0 Å². The minimum Gasteiger partial charge on any atom is -0.396 e. The third-order valence-corrected chi connectivity index (χ3v) is 3.14. The molecule has 1 aromatic carbocycles. The van der Waals surface area contributed by atoms with E-state index in [1.807, 2.05) is 30.3 Å². The van der Waals surface area contributed by atoms with Gasteiger partial charge in [0.15, 0.2) is 5.82 Å². The van der Waals surface area contributed by atoms with Crippen LogP contribution in [0, 0.1) is 5.92 Å². The molecule has 0 unspecified atom stereocenters. The van der Waals surface area contributed by atoms with E-state index >= 15 is 0 Å². The van der Waals surface area contributed by atoms with Crippen molar-refractivity contribution in [3.05, 3.63) is 36.2 Å². The first-order valence-corrected chi connectivity index (χ1v) is 6.06. The molecule has 1 aromatic heterocycles. The Morgan fingerprint density at radius 2 is 2.06 bits per heavy atom. The van der Waals surface area contributed by atoms with Crippen LogP contribution in [0.25, 0.3) is 11.5 Å². The standard InChI is InChI=1S/C13H15N3O2/c17-9-10-6-16(7-10)8-12-14-13(18-15-12)11-4-2-1-3-5-11/h1-5,10,17H,6-9H2. The first-order chi connectivity index (χ1) is 8.85. The molecule has 5 nitrogen and oxygen atoms in total. The predicted octanol–water partition coefficient (Wildman–Crippen LogP) is 1.16. The molecule has 3 rings (SSSR count). The van der Waals surface area contributed by atoms with Gasteiger partial charge in [-0.1, -0.05) is 23.4 Å². The summed E-state index contributed by atoms with van der Waals surface area (Å²) in [5.41, 5.74) is 0.938. The van der Waals surface area contributed by atoms with E-state index in [1.165, 1.54) is 0 Å². The van der Waals surface area contributed by atoms with Crippen molar-refractivity contribution in [2.75, 3.05) is 19.7 Å². The average Bonchev–Trinajstić information content (AvgIpc) is 2.83. The monoisotopic (exact) mass is 245 g/mol. The Morgan fingerprint density at radius 3 is 2.78 bits per heavy atom. The van der Waals surface area contributed by atoms with Crippen molar-refractivity contribution in [2.24, 2.45) is 5.92 Å². The smallest absolute Gasteiger partial charge is 0.257 e. The number of aliphatic hydroxyl groups is 1. The number of hydrogen-bond donors (Lipinski definition) is 1. The highest BCUT2D eigenvalue weighted by Gasteiger charge is 2.27. The maximum Gasteiger partial charge on any atom is 0.257 e. The molecule has 0 bridgehead atoms. The lowest BCUT2D eigenvalue weighted by Gasteiger charge is -2.37. The first kappa shape index (κ1) is 11.4. The maximum absolute atomic E-state index is 8.95. The largest absolute Gasteiger partial charge is 0.396 e. The Bertz CT molecular complexity index is 506. The Hall–Kier alpha value is -1.72. The van der Waals surface area contributed by atoms with Gasteiger partial charge in [0.25, 0.3) is 5.89 Å². The van der Waals surface area contributed by atoms with E-state index in [2.05, 4.69) is 15.0 Å². The van der Waals surface area contributed by atoms with Crippen LogP contribution in [0.15, 0.2) is 34.9 Å². The molecule has 1 fully saturated rings. The zero-order valence-corrected chi connectivity index (χ0v) is 9.99. The van der Waals surface area contributed by atoms with Crippen LogP contribution in [-0.4, -0.2) is 39.8 Å². The number of rotatable bonds is 4. The average molecular weight is 245 g/mol. The van der Waals surface area contributed by atoms with Gasteiger partial charge in [-0.3, -0.25) is 4.90 Å². The molecule has 1 aliphatic heterocycles. The summed E-state index contributed by atoms with van der Waals surface area (Å²) in [4.78, 5) is 6.57. The van der Waals surface area contributed by atoms with E-state index in [4.69, 9.17) is 9.63 Å². The normalized spacial score (nSPS) is 16.7. The second kappa shape index (κ2) is 4.88. The molecule has 94 valence electrons. The third-order valence-electron chi connectivity index (χ3n) is 3.14. The molecule has 1 saturated heterocycles. The summed E-state index contributed by atoms with van der Waals surface area (Å²) in [6.07, 6.45) is 0. The van der Waals surface area contributed by atoms with Crippen molar-refractivity contribution in [1.29, 1.82) is 0 Å². The van der Waals surface area contributed by atoms with Crippen LogP contribution in [0.5, 0.6) is 0 Å². The SMILES string of the molecule is OCC1CN(Cc2noc(-c3ccccc3)n2)C1. The molecule has 0 radical (unpaired) electrons. The molecule has 5 heteroatoms. The highest BCUT2D eigenvalue weighted by atomic mass is 16.5. The van der Waals surface area contributed by atoms with Crippen LogP contribution in [0.1, 0.15) is 5.82 Å². The molecule has 0 amide bonds. The summed E-state index contributed by atoms with van der Waals surface area (Å²) in [5, 5.41) is 12.9. The van der Waals surface area contributed by atoms with E-state index < -0.39 is 0 Å². The van der Waals surface area contributed by atoms with E-state index in [1.54, 1.807) is 0 Å². The van der Waals surface area contributed by atoms with Crippen molar-refractivity contribution < 1.29 is 9.63 Å². The summed E-state index contributed by atoms with van der Waals surface area (Å²) in [5.74, 6) is 1.67. The number of aliphatic hydroxyl groups excluding tert-OH is 1. The molecule has 0 atom stereocenters. The van der Waals surface area contributed by atoms with E-state index in [9.17, 15) is 0 Å². The lowest BCUT2D eigenvalue weighted by atomic mass is 10.0. The summed E-state index contributed by atoms with van der Waals surface area (Å²) < 4.78 is 5.24. The highest BCUT2D eigenvalue weighted by molar-refractivity contribution is 5.51. The minimum absolute atomic E-state index is 0.262. The van der Waals surface area contributed by atoms with Gasteiger partial charge in [0.1, 0.15) is 0 Å². The van der Waals surface area contributed by atoms with Crippen LogP contribution < -0.4 is 0 Å². The number of nitrogens with zero attached hydrogens (tertiary/aromatic N) is 3. The van der Waals surface area contributed by atoms with Crippen LogP contribution in [0.4, 0.5) is 0 Å². The van der Waals surface area contributed by atoms with Gasteiger partial charge in [-0.05, 0) is 12.1 Å². The van der Waals surface area contributed by atoms with Crippen molar-refractivity contribution in [3.63, 3.8) is 0 Å². The zero-order chi connectivity index (χ0) is 12.4. The van der Waals surface area contributed by atoms with Crippen molar-refractivity contribution in [2.45, 2.75) is 6.54 Å². The molecule has 0 spiro atoms. The fourth-order valence-corrected chi connectivity index (χ4v) is 2.14. The molecule has 18 heavy (non-hydrogen) atoms. The van der Waals surface area contributed by atoms with Crippen LogP contribution in [0.2, 0.25) is 0 Å². The van der Waals surface area contributed by atoms with Gasteiger partial charge in [0.2, 0.25) is 0 Å². The van der Waals surface area contributed by atoms with E-state index in [0.29, 0.717) is 24.2 Å². The lowest BCUT2D eigenvalue weighted by molar-refractivity contribution is 0.0454. The molecule has 2 heterocycles. The molecule has 0 aliphatic carbocycles. The number of likely N-dealkylation sites (tertiary alicyclic amines) is 1. The minimum atomic E-state index is 0.262. The topological polar surface area (TPSA) is 62.4 Å². The molecular weight excluding hydrogens is 230 g/mol. The fraction of sp³-hybridized carbons (Fsp3) is 0.385. The van der Waals surface area contributed by atoms with Crippen LogP contribution in [-0.2, 0) is 6.54 Å². The van der Waals surface area contributed by atoms with Gasteiger partial charge < -0.3 is 9.63 Å². The Kier molecular flexibility index (Phi) is 3.08. The molecule has 0 saturated carbocycles. The van der Waals surface area contributed by atoms with Crippen molar-refractivity contribution in [1.82, 2.24) is 15.0 Å². The third kappa shape index (κ3) is 2.27. The van der Waals surface area contributed by atoms with Gasteiger partial charge in [0, 0.05) is 31.2 Å². The first-order valence-electron chi connectivity index (χ1n) is 6.06. The quantitative estimate of drug-likeness (QED) is 0.875. The predicted molar refractivity (Wildman–Crippen MR) is 65.6 cm³/mol. The fourth-order valence-electron chi connectivity index (χ4n) is 2.14. The zero-order valence-electron chi connectivity index (χ0n) is 9.99. The van der Waals surface area contributed by atoms with Gasteiger partial charge in [-0.2, -0.15) is 4.98 Å². The maximum atomic E-state index is 8.95. The molecule has 2 aromatic rings. The van der Waals surface area contributed by atoms with Gasteiger partial charge in [-0.25, -0.2) is 0 Å². The van der Waals surface area contributed by atoms with E-state index in [-0.39, 0.29) is 6.61 Å². The summed E-state index contributed by atoms with van der Waals surface area (Å²) >= 11 is 0. The lowest BCUT2D eigenvalue weighted by Crippen LogP contribution is -2.47. The number of aromatic nitrogens is 2. The summed E-state index contributed by atoms with van der Waals surface area (Å²) in [6.45, 7) is 2.77. The Balaban J connectivity index is 1.64. The Morgan fingerprint density at radius 1 is 1.28 bits per heavy atom. The van der Waals surface area contributed by atoms with Crippen LogP contribution >= 0.6 is 0 Å². The van der Waals surface area contributed by atoms with Gasteiger partial charge in [0.05, 0.1) is 6.54 Å². The summed E-state index contributed by atoms with van der Waals surface area (Å²) in [6, 6.07) is 9.74. The molecule has 1 N–H and O–H groups in total. The Labute approximate surface area is 105 Å². The van der Waals surface area contributed by atoms with Gasteiger partial charge >= 0.3 is 0 Å². The number of benzene rings is 1. The second-order valence-electron chi connectivity index (χ2n) is 4.62.